The lowest BCUT2D eigenvalue weighted by atomic mass is 9.90. The van der Waals surface area contributed by atoms with Crippen LogP contribution in [0.1, 0.15) is 50.5 Å². The minimum absolute atomic E-state index is 0.0292. The van der Waals surface area contributed by atoms with E-state index in [2.05, 4.69) is 20.9 Å². The van der Waals surface area contributed by atoms with Gasteiger partial charge in [-0.25, -0.2) is 0 Å². The van der Waals surface area contributed by atoms with Gasteiger partial charge in [0.25, 0.3) is 5.91 Å². The number of fused-ring (bicyclic) bond motifs is 1. The predicted octanol–water partition coefficient (Wildman–Crippen LogP) is 1.21. The number of aromatic nitrogens is 1. The summed E-state index contributed by atoms with van der Waals surface area (Å²) in [6.07, 6.45) is 1.32. The third kappa shape index (κ3) is 7.45. The topological polar surface area (TPSA) is 174 Å². The molecule has 2 saturated heterocycles. The van der Waals surface area contributed by atoms with Gasteiger partial charge in [0.2, 0.25) is 11.8 Å². The molecule has 42 heavy (non-hydrogen) atoms. The molecule has 1 aromatic heterocycles. The van der Waals surface area contributed by atoms with Crippen LogP contribution in [0.25, 0.3) is 10.9 Å². The van der Waals surface area contributed by atoms with Crippen LogP contribution >= 0.6 is 0 Å². The molecule has 1 aromatic carbocycles. The van der Waals surface area contributed by atoms with E-state index in [9.17, 15) is 24.0 Å². The van der Waals surface area contributed by atoms with Crippen molar-refractivity contribution in [2.75, 3.05) is 40.0 Å². The Morgan fingerprint density at radius 1 is 1.14 bits per heavy atom. The first-order chi connectivity index (χ1) is 19.9. The molecular formula is C29H38N4O9. The third-order valence-electron chi connectivity index (χ3n) is 7.46. The van der Waals surface area contributed by atoms with Gasteiger partial charge in [0, 0.05) is 23.4 Å². The van der Waals surface area contributed by atoms with Crippen LogP contribution in [0.2, 0.25) is 0 Å². The van der Waals surface area contributed by atoms with Crippen molar-refractivity contribution >= 4 is 40.4 Å². The number of carbonyl (C=O) groups excluding carboxylic acids is 5. The molecule has 2 aliphatic rings. The van der Waals surface area contributed by atoms with E-state index in [4.69, 9.17) is 18.9 Å². The first-order valence-electron chi connectivity index (χ1n) is 13.9. The minimum atomic E-state index is -1.11. The summed E-state index contributed by atoms with van der Waals surface area (Å²) in [6.45, 7) is 4.70. The monoisotopic (exact) mass is 586 g/mol. The summed E-state index contributed by atoms with van der Waals surface area (Å²) in [6, 6.07) is 5.85. The fourth-order valence-electron chi connectivity index (χ4n) is 4.82. The number of amides is 3. The van der Waals surface area contributed by atoms with Gasteiger partial charge in [-0.1, -0.05) is 6.07 Å². The molecule has 13 heteroatoms. The molecule has 0 aliphatic carbocycles. The van der Waals surface area contributed by atoms with Crippen molar-refractivity contribution in [2.24, 2.45) is 11.3 Å². The van der Waals surface area contributed by atoms with E-state index >= 15 is 0 Å². The summed E-state index contributed by atoms with van der Waals surface area (Å²) in [7, 11) is 1.53. The quantitative estimate of drug-likeness (QED) is 0.282. The maximum absolute atomic E-state index is 13.2. The first-order valence-corrected chi connectivity index (χ1v) is 13.9. The molecule has 0 saturated carbocycles. The molecule has 2 aromatic rings. The molecule has 2 fully saturated rings. The molecule has 4 N–H and O–H groups in total. The number of ether oxygens (including phenoxy) is 4. The number of benzene rings is 1. The number of piperidine rings is 1. The van der Waals surface area contributed by atoms with Gasteiger partial charge in [0.1, 0.15) is 16.9 Å². The van der Waals surface area contributed by atoms with E-state index in [1.54, 1.807) is 45.0 Å². The van der Waals surface area contributed by atoms with E-state index in [1.807, 2.05) is 0 Å². The summed E-state index contributed by atoms with van der Waals surface area (Å²) in [5, 5.41) is 8.62. The Kier molecular flexibility index (Phi) is 9.52. The number of ketones is 1. The summed E-state index contributed by atoms with van der Waals surface area (Å²) < 4.78 is 21.8. The number of Topliss-reactive ketones (excluding diaryl/α,β-unsaturated/α-hetero) is 1. The van der Waals surface area contributed by atoms with E-state index in [1.165, 1.54) is 7.11 Å². The van der Waals surface area contributed by atoms with Crippen LogP contribution in [0.15, 0.2) is 24.3 Å². The molecule has 228 valence electrons. The zero-order valence-corrected chi connectivity index (χ0v) is 24.3. The van der Waals surface area contributed by atoms with Crippen LogP contribution < -0.4 is 20.7 Å². The van der Waals surface area contributed by atoms with Gasteiger partial charge in [-0.2, -0.15) is 0 Å². The number of nitrogens with one attached hydrogen (secondary N) is 4. The Labute approximate surface area is 243 Å². The molecule has 0 unspecified atom stereocenters. The normalized spacial score (nSPS) is 20.2. The van der Waals surface area contributed by atoms with Crippen LogP contribution in [0, 0.1) is 11.3 Å². The zero-order valence-electron chi connectivity index (χ0n) is 24.3. The molecule has 2 aliphatic heterocycles. The summed E-state index contributed by atoms with van der Waals surface area (Å²) in [4.78, 5) is 66.9. The largest absolute Gasteiger partial charge is 0.496 e. The maximum Gasteiger partial charge on any atom is 0.316 e. The van der Waals surface area contributed by atoms with E-state index in [0.717, 1.165) is 6.42 Å². The van der Waals surface area contributed by atoms with Crippen LogP contribution in [0.3, 0.4) is 0 Å². The number of H-pyrrole nitrogens is 1. The second-order valence-electron chi connectivity index (χ2n) is 11.4. The van der Waals surface area contributed by atoms with Crippen molar-refractivity contribution in [2.45, 2.75) is 51.9 Å². The van der Waals surface area contributed by atoms with Crippen LogP contribution in [-0.2, 0) is 33.4 Å². The lowest BCUT2D eigenvalue weighted by molar-refractivity contribution is -0.281. The smallest absolute Gasteiger partial charge is 0.316 e. The van der Waals surface area contributed by atoms with Crippen LogP contribution in [0.5, 0.6) is 5.75 Å². The molecule has 0 spiro atoms. The van der Waals surface area contributed by atoms with E-state index < -0.39 is 59.9 Å². The Bertz CT molecular complexity index is 1340. The SMILES string of the molecule is COc1cccc2[nH]c(C(=O)NCC(=O)N[C@@H](C[C@@H]3CCCNC3=O)C(=O)COC(=O)C3(C)COC(C)(C)OC3)cc12. The molecule has 13 nitrogen and oxygen atoms in total. The molecule has 2 atom stereocenters. The lowest BCUT2D eigenvalue weighted by Gasteiger charge is -2.39. The van der Waals surface area contributed by atoms with Gasteiger partial charge < -0.3 is 39.9 Å². The number of carbonyl (C=O) groups is 5. The number of rotatable bonds is 11. The Balaban J connectivity index is 1.36. The fraction of sp³-hybridized carbons (Fsp3) is 0.552. The first kappa shape index (κ1) is 31.0. The molecule has 0 bridgehead atoms. The molecule has 3 amide bonds. The summed E-state index contributed by atoms with van der Waals surface area (Å²) in [5.41, 5.74) is -0.179. The zero-order chi connectivity index (χ0) is 30.5. The van der Waals surface area contributed by atoms with Gasteiger partial charge in [-0.05, 0) is 58.2 Å². The highest BCUT2D eigenvalue weighted by atomic mass is 16.7. The van der Waals surface area contributed by atoms with Gasteiger partial charge in [0.05, 0.1) is 32.9 Å². The Morgan fingerprint density at radius 2 is 1.88 bits per heavy atom. The van der Waals surface area contributed by atoms with Crippen molar-refractivity contribution < 1.29 is 42.9 Å². The van der Waals surface area contributed by atoms with Gasteiger partial charge in [-0.15, -0.1) is 0 Å². The number of hydrogen-bond acceptors (Lipinski definition) is 9. The average molecular weight is 587 g/mol. The molecule has 4 rings (SSSR count). The Morgan fingerprint density at radius 3 is 2.57 bits per heavy atom. The van der Waals surface area contributed by atoms with Crippen molar-refractivity contribution in [3.05, 3.63) is 30.0 Å². The highest BCUT2D eigenvalue weighted by Crippen LogP contribution is 2.30. The summed E-state index contributed by atoms with van der Waals surface area (Å²) in [5.74, 6) is -3.36. The average Bonchev–Trinajstić information content (AvgIpc) is 3.42. The highest BCUT2D eigenvalue weighted by molar-refractivity contribution is 6.01. The molecule has 3 heterocycles. The second-order valence-corrected chi connectivity index (χ2v) is 11.4. The maximum atomic E-state index is 13.2. The lowest BCUT2D eigenvalue weighted by Crippen LogP contribution is -2.51. The van der Waals surface area contributed by atoms with Crippen LogP contribution in [-0.4, -0.2) is 86.3 Å². The number of esters is 1. The fourth-order valence-corrected chi connectivity index (χ4v) is 4.82. The van der Waals surface area contributed by atoms with Gasteiger partial charge in [0.15, 0.2) is 18.2 Å². The van der Waals surface area contributed by atoms with Gasteiger partial charge >= 0.3 is 5.97 Å². The van der Waals surface area contributed by atoms with Gasteiger partial charge in [-0.3, -0.25) is 24.0 Å². The van der Waals surface area contributed by atoms with Crippen molar-refractivity contribution in [1.29, 1.82) is 0 Å². The van der Waals surface area contributed by atoms with Crippen molar-refractivity contribution in [3.63, 3.8) is 0 Å². The molecular weight excluding hydrogens is 548 g/mol. The molecule has 0 radical (unpaired) electrons. The standard InChI is InChI=1S/C29H38N4O9/c1-28(2)41-15-29(3,16-42-28)27(38)40-14-22(34)20(11-17-7-6-10-30-25(17)36)33-24(35)13-31-26(37)21-12-18-19(32-21)8-5-9-23(18)39-4/h5,8-9,12,17,20,32H,6-7,10-11,13-16H2,1-4H3,(H,30,36)(H,31,37)(H,33,35)/t17-,20-/m0/s1. The van der Waals surface area contributed by atoms with Crippen molar-refractivity contribution in [1.82, 2.24) is 20.9 Å². The third-order valence-corrected chi connectivity index (χ3v) is 7.46. The van der Waals surface area contributed by atoms with Crippen LogP contribution in [0.4, 0.5) is 0 Å². The number of aromatic amines is 1. The van der Waals surface area contributed by atoms with E-state index in [0.29, 0.717) is 29.6 Å². The summed E-state index contributed by atoms with van der Waals surface area (Å²) >= 11 is 0. The van der Waals surface area contributed by atoms with E-state index in [-0.39, 0.29) is 31.2 Å². The minimum Gasteiger partial charge on any atom is -0.496 e. The van der Waals surface area contributed by atoms with Crippen molar-refractivity contribution in [3.8, 4) is 5.75 Å². The Hall–Kier alpha value is -3.97. The number of hydrogen-bond donors (Lipinski definition) is 4. The second kappa shape index (κ2) is 12.9. The predicted molar refractivity (Wildman–Crippen MR) is 150 cm³/mol. The highest BCUT2D eigenvalue weighted by Gasteiger charge is 2.44. The number of methoxy groups -OCH3 is 1.